The summed E-state index contributed by atoms with van der Waals surface area (Å²) in [6.45, 7) is 9.90. The first-order chi connectivity index (χ1) is 11.1. The van der Waals surface area contributed by atoms with Crippen molar-refractivity contribution in [3.05, 3.63) is 35.4 Å². The Kier molecular flexibility index (Phi) is 6.95. The fourth-order valence-electron chi connectivity index (χ4n) is 1.99. The molecule has 1 aromatic carbocycles. The van der Waals surface area contributed by atoms with Crippen molar-refractivity contribution in [2.24, 2.45) is 5.92 Å². The third-order valence-corrected chi connectivity index (χ3v) is 3.36. The van der Waals surface area contributed by atoms with E-state index in [0.29, 0.717) is 12.0 Å². The Morgan fingerprint density at radius 3 is 2.00 bits per heavy atom. The molecule has 0 radical (unpaired) electrons. The number of amides is 3. The molecule has 0 bridgehead atoms. The van der Waals surface area contributed by atoms with E-state index in [-0.39, 0.29) is 29.7 Å². The summed E-state index contributed by atoms with van der Waals surface area (Å²) < 4.78 is 0. The van der Waals surface area contributed by atoms with Crippen molar-refractivity contribution >= 4 is 17.7 Å². The second-order valence-corrected chi connectivity index (χ2v) is 7.20. The molecule has 0 saturated heterocycles. The molecule has 1 rings (SSSR count). The van der Waals surface area contributed by atoms with Crippen LogP contribution in [-0.2, 0) is 15.0 Å². The summed E-state index contributed by atoms with van der Waals surface area (Å²) >= 11 is 0. The van der Waals surface area contributed by atoms with Crippen LogP contribution in [0.4, 0.5) is 0 Å². The third-order valence-electron chi connectivity index (χ3n) is 3.36. The lowest BCUT2D eigenvalue weighted by molar-refractivity contribution is -0.128. The van der Waals surface area contributed by atoms with Crippen LogP contribution in [0.1, 0.15) is 57.0 Å². The predicted octanol–water partition coefficient (Wildman–Crippen LogP) is 1.91. The van der Waals surface area contributed by atoms with Gasteiger partial charge in [-0.15, -0.1) is 0 Å². The molecule has 0 fully saturated rings. The molecule has 1 aromatic rings. The molecule has 0 saturated carbocycles. The summed E-state index contributed by atoms with van der Waals surface area (Å²) in [5, 5.41) is 2.52. The summed E-state index contributed by atoms with van der Waals surface area (Å²) in [6.07, 6.45) is 0.326. The highest BCUT2D eigenvalue weighted by Crippen LogP contribution is 2.22. The standard InChI is InChI=1S/C18H27N3O3/c1-12(2)10-15(22)20-21-16(23)11-19-17(24)13-6-8-14(9-7-13)18(3,4)5/h6-9,12H,10-11H2,1-5H3,(H,19,24)(H,20,22)(H,21,23). The van der Waals surface area contributed by atoms with Crippen molar-refractivity contribution in [1.82, 2.24) is 16.2 Å². The number of benzene rings is 1. The molecule has 6 nitrogen and oxygen atoms in total. The van der Waals surface area contributed by atoms with Crippen LogP contribution in [0.25, 0.3) is 0 Å². The minimum atomic E-state index is -0.480. The molecule has 0 aromatic heterocycles. The molecular formula is C18H27N3O3. The summed E-state index contributed by atoms with van der Waals surface area (Å²) in [5.41, 5.74) is 6.21. The average Bonchev–Trinajstić information content (AvgIpc) is 2.49. The number of nitrogens with one attached hydrogen (secondary N) is 3. The molecule has 0 atom stereocenters. The van der Waals surface area contributed by atoms with Gasteiger partial charge in [-0.25, -0.2) is 0 Å². The topological polar surface area (TPSA) is 87.3 Å². The van der Waals surface area contributed by atoms with E-state index < -0.39 is 5.91 Å². The number of carbonyl (C=O) groups excluding carboxylic acids is 3. The van der Waals surface area contributed by atoms with Crippen LogP contribution >= 0.6 is 0 Å². The van der Waals surface area contributed by atoms with Crippen LogP contribution in [0.15, 0.2) is 24.3 Å². The van der Waals surface area contributed by atoms with Gasteiger partial charge in [-0.1, -0.05) is 46.8 Å². The van der Waals surface area contributed by atoms with Gasteiger partial charge >= 0.3 is 0 Å². The first-order valence-corrected chi connectivity index (χ1v) is 8.06. The van der Waals surface area contributed by atoms with Crippen molar-refractivity contribution in [1.29, 1.82) is 0 Å². The number of hydrazine groups is 1. The SMILES string of the molecule is CC(C)CC(=O)NNC(=O)CNC(=O)c1ccc(C(C)(C)C)cc1. The third kappa shape index (κ3) is 6.81. The van der Waals surface area contributed by atoms with Crippen LogP contribution in [0.5, 0.6) is 0 Å². The van der Waals surface area contributed by atoms with Crippen molar-refractivity contribution < 1.29 is 14.4 Å². The van der Waals surface area contributed by atoms with Gasteiger partial charge in [0.1, 0.15) is 0 Å². The van der Waals surface area contributed by atoms with E-state index in [0.717, 1.165) is 5.56 Å². The lowest BCUT2D eigenvalue weighted by atomic mass is 9.87. The van der Waals surface area contributed by atoms with E-state index in [9.17, 15) is 14.4 Å². The van der Waals surface area contributed by atoms with E-state index in [1.54, 1.807) is 12.1 Å². The van der Waals surface area contributed by atoms with Crippen LogP contribution in [0, 0.1) is 5.92 Å². The fourth-order valence-corrected chi connectivity index (χ4v) is 1.99. The largest absolute Gasteiger partial charge is 0.343 e. The average molecular weight is 333 g/mol. The second kappa shape index (κ2) is 8.47. The summed E-state index contributed by atoms with van der Waals surface area (Å²) in [4.78, 5) is 35.0. The van der Waals surface area contributed by atoms with Gasteiger partial charge in [0, 0.05) is 12.0 Å². The van der Waals surface area contributed by atoms with E-state index in [1.807, 2.05) is 26.0 Å². The highest BCUT2D eigenvalue weighted by atomic mass is 16.2. The number of hydrogen-bond donors (Lipinski definition) is 3. The predicted molar refractivity (Wildman–Crippen MR) is 93.2 cm³/mol. The minimum Gasteiger partial charge on any atom is -0.343 e. The fraction of sp³-hybridized carbons (Fsp3) is 0.500. The van der Waals surface area contributed by atoms with Gasteiger partial charge in [0.15, 0.2) is 0 Å². The zero-order valence-electron chi connectivity index (χ0n) is 15.0. The van der Waals surface area contributed by atoms with Gasteiger partial charge in [0.2, 0.25) is 5.91 Å². The Morgan fingerprint density at radius 1 is 0.958 bits per heavy atom. The first-order valence-electron chi connectivity index (χ1n) is 8.06. The summed E-state index contributed by atoms with van der Waals surface area (Å²) in [6, 6.07) is 7.28. The number of carbonyl (C=O) groups is 3. The smallest absolute Gasteiger partial charge is 0.257 e. The maximum Gasteiger partial charge on any atom is 0.257 e. The maximum atomic E-state index is 12.0. The van der Waals surface area contributed by atoms with Gasteiger partial charge in [-0.05, 0) is 29.0 Å². The summed E-state index contributed by atoms with van der Waals surface area (Å²) in [5.74, 6) is -0.869. The summed E-state index contributed by atoms with van der Waals surface area (Å²) in [7, 11) is 0. The Hall–Kier alpha value is -2.37. The second-order valence-electron chi connectivity index (χ2n) is 7.20. The van der Waals surface area contributed by atoms with Gasteiger partial charge in [0.25, 0.3) is 11.8 Å². The highest BCUT2D eigenvalue weighted by molar-refractivity contribution is 5.96. The van der Waals surface area contributed by atoms with Crippen LogP contribution in [0.3, 0.4) is 0 Å². The van der Waals surface area contributed by atoms with Gasteiger partial charge in [-0.3, -0.25) is 25.2 Å². The Morgan fingerprint density at radius 2 is 1.50 bits per heavy atom. The van der Waals surface area contributed by atoms with Crippen molar-refractivity contribution in [2.75, 3.05) is 6.54 Å². The van der Waals surface area contributed by atoms with Crippen LogP contribution in [-0.4, -0.2) is 24.3 Å². The Balaban J connectivity index is 2.43. The lowest BCUT2D eigenvalue weighted by Crippen LogP contribution is -2.46. The Labute approximate surface area is 143 Å². The van der Waals surface area contributed by atoms with E-state index in [2.05, 4.69) is 36.9 Å². The van der Waals surface area contributed by atoms with Gasteiger partial charge in [0.05, 0.1) is 6.54 Å². The molecule has 0 aliphatic rings. The van der Waals surface area contributed by atoms with Crippen molar-refractivity contribution in [2.45, 2.75) is 46.5 Å². The molecular weight excluding hydrogens is 306 g/mol. The highest BCUT2D eigenvalue weighted by Gasteiger charge is 2.14. The molecule has 24 heavy (non-hydrogen) atoms. The van der Waals surface area contributed by atoms with Crippen molar-refractivity contribution in [3.8, 4) is 0 Å². The molecule has 0 aliphatic carbocycles. The monoisotopic (exact) mass is 333 g/mol. The minimum absolute atomic E-state index is 0.0169. The molecule has 6 heteroatoms. The number of hydrogen-bond acceptors (Lipinski definition) is 3. The zero-order valence-corrected chi connectivity index (χ0v) is 15.0. The lowest BCUT2D eigenvalue weighted by Gasteiger charge is -2.19. The molecule has 132 valence electrons. The molecule has 0 spiro atoms. The number of rotatable bonds is 5. The van der Waals surface area contributed by atoms with Gasteiger partial charge < -0.3 is 5.32 Å². The van der Waals surface area contributed by atoms with E-state index in [4.69, 9.17) is 0 Å². The quantitative estimate of drug-likeness (QED) is 0.719. The molecule has 3 amide bonds. The van der Waals surface area contributed by atoms with E-state index in [1.165, 1.54) is 0 Å². The molecule has 0 heterocycles. The van der Waals surface area contributed by atoms with Crippen LogP contribution in [0.2, 0.25) is 0 Å². The van der Waals surface area contributed by atoms with E-state index >= 15 is 0 Å². The molecule has 3 N–H and O–H groups in total. The van der Waals surface area contributed by atoms with Crippen LogP contribution < -0.4 is 16.2 Å². The molecule has 0 unspecified atom stereocenters. The normalized spacial score (nSPS) is 11.1. The maximum absolute atomic E-state index is 12.0. The Bertz CT molecular complexity index is 587. The molecule has 0 aliphatic heterocycles. The first kappa shape index (κ1) is 19.7. The zero-order chi connectivity index (χ0) is 18.3. The van der Waals surface area contributed by atoms with Gasteiger partial charge in [-0.2, -0.15) is 0 Å². The van der Waals surface area contributed by atoms with Crippen molar-refractivity contribution in [3.63, 3.8) is 0 Å².